The molecule has 0 spiro atoms. The summed E-state index contributed by atoms with van der Waals surface area (Å²) in [5.74, 6) is 0.881. The van der Waals surface area contributed by atoms with Crippen LogP contribution in [0.1, 0.15) is 11.3 Å². The van der Waals surface area contributed by atoms with Crippen molar-refractivity contribution in [3.8, 4) is 11.3 Å². The predicted octanol–water partition coefficient (Wildman–Crippen LogP) is 1.39. The monoisotopic (exact) mass is 406 g/mol. The van der Waals surface area contributed by atoms with Crippen molar-refractivity contribution in [2.75, 3.05) is 50.5 Å². The Labute approximate surface area is 175 Å². The van der Waals surface area contributed by atoms with Gasteiger partial charge in [-0.1, -0.05) is 6.07 Å². The van der Waals surface area contributed by atoms with Crippen LogP contribution in [0.3, 0.4) is 0 Å². The second kappa shape index (κ2) is 9.02. The number of hydrogen-bond acceptors (Lipinski definition) is 8. The molecule has 0 unspecified atom stereocenters. The zero-order valence-corrected chi connectivity index (χ0v) is 17.0. The highest BCUT2D eigenvalue weighted by Crippen LogP contribution is 2.23. The lowest BCUT2D eigenvalue weighted by molar-refractivity contribution is 0.183. The summed E-state index contributed by atoms with van der Waals surface area (Å²) in [6, 6.07) is 7.59. The van der Waals surface area contributed by atoms with Gasteiger partial charge in [-0.25, -0.2) is 4.98 Å². The summed E-state index contributed by atoms with van der Waals surface area (Å²) in [5, 5.41) is 16.4. The van der Waals surface area contributed by atoms with E-state index in [1.165, 1.54) is 0 Å². The zero-order valence-electron chi connectivity index (χ0n) is 17.0. The lowest BCUT2D eigenvalue weighted by Gasteiger charge is -2.28. The van der Waals surface area contributed by atoms with Crippen molar-refractivity contribution in [2.24, 2.45) is 0 Å². The molecule has 0 aliphatic carbocycles. The van der Waals surface area contributed by atoms with E-state index >= 15 is 0 Å². The predicted molar refractivity (Wildman–Crippen MR) is 117 cm³/mol. The lowest BCUT2D eigenvalue weighted by Crippen LogP contribution is -2.44. The van der Waals surface area contributed by atoms with Gasteiger partial charge in [-0.2, -0.15) is 5.10 Å². The maximum atomic E-state index is 8.74. The molecule has 4 rings (SSSR count). The molecule has 0 bridgehead atoms. The second-order valence-electron chi connectivity index (χ2n) is 7.13. The third-order valence-electron chi connectivity index (χ3n) is 5.09. The normalized spacial score (nSPS) is 14.1. The van der Waals surface area contributed by atoms with Gasteiger partial charge in [0.2, 0.25) is 0 Å². The summed E-state index contributed by atoms with van der Waals surface area (Å²) >= 11 is 0. The number of nitrogens with one attached hydrogen (secondary N) is 2. The van der Waals surface area contributed by atoms with Crippen LogP contribution in [-0.2, 0) is 11.3 Å². The van der Waals surface area contributed by atoms with Gasteiger partial charge in [0.1, 0.15) is 5.82 Å². The molecular formula is C21H26N8O. The van der Waals surface area contributed by atoms with Gasteiger partial charge in [-0.3, -0.25) is 15.1 Å². The summed E-state index contributed by atoms with van der Waals surface area (Å²) in [7, 11) is 1.66. The molecule has 1 aliphatic heterocycles. The maximum absolute atomic E-state index is 8.74. The molecular weight excluding hydrogens is 380 g/mol. The average molecular weight is 406 g/mol. The van der Waals surface area contributed by atoms with Gasteiger partial charge in [0.15, 0.2) is 0 Å². The second-order valence-corrected chi connectivity index (χ2v) is 7.13. The highest BCUT2D eigenvalue weighted by molar-refractivity contribution is 6.13. The van der Waals surface area contributed by atoms with Gasteiger partial charge in [0, 0.05) is 50.6 Å². The standard InChI is InChI=1S/C21H26N8O/c1-30-10-9-29-14-15(12-26-29)19-11-16(17(22)13-25-19)21(23)18-3-2-4-20(27-18)28-7-5-24-6-8-28/h2-4,11-14,23-24H,5-10,22H2,1H3. The van der Waals surface area contributed by atoms with Crippen molar-refractivity contribution in [3.63, 3.8) is 0 Å². The minimum atomic E-state index is 0.278. The largest absolute Gasteiger partial charge is 0.397 e. The first-order valence-corrected chi connectivity index (χ1v) is 9.95. The molecule has 9 heteroatoms. The number of piperazine rings is 1. The zero-order chi connectivity index (χ0) is 20.9. The van der Waals surface area contributed by atoms with Gasteiger partial charge in [-0.15, -0.1) is 0 Å². The number of anilines is 2. The van der Waals surface area contributed by atoms with Gasteiger partial charge >= 0.3 is 0 Å². The number of ether oxygens (including phenoxy) is 1. The van der Waals surface area contributed by atoms with E-state index in [4.69, 9.17) is 20.9 Å². The van der Waals surface area contributed by atoms with Gasteiger partial charge in [0.05, 0.1) is 48.3 Å². The number of nitrogens with two attached hydrogens (primary N) is 1. The minimum absolute atomic E-state index is 0.278. The van der Waals surface area contributed by atoms with Crippen LogP contribution in [0.15, 0.2) is 42.9 Å². The van der Waals surface area contributed by atoms with E-state index in [1.807, 2.05) is 30.5 Å². The van der Waals surface area contributed by atoms with E-state index in [9.17, 15) is 0 Å². The Balaban J connectivity index is 1.60. The van der Waals surface area contributed by atoms with Gasteiger partial charge < -0.3 is 20.7 Å². The molecule has 9 nitrogen and oxygen atoms in total. The molecule has 0 atom stereocenters. The van der Waals surface area contributed by atoms with Gasteiger partial charge in [-0.05, 0) is 18.2 Å². The smallest absolute Gasteiger partial charge is 0.129 e. The van der Waals surface area contributed by atoms with Crippen LogP contribution >= 0.6 is 0 Å². The number of pyridine rings is 2. The number of nitrogen functional groups attached to an aromatic ring is 1. The first kappa shape index (κ1) is 20.0. The van der Waals surface area contributed by atoms with E-state index < -0.39 is 0 Å². The molecule has 1 aliphatic rings. The lowest BCUT2D eigenvalue weighted by atomic mass is 10.0. The third-order valence-corrected chi connectivity index (χ3v) is 5.09. The summed E-state index contributed by atoms with van der Waals surface area (Å²) in [4.78, 5) is 11.4. The molecule has 3 aromatic rings. The topological polar surface area (TPSA) is 118 Å². The average Bonchev–Trinajstić information content (AvgIpc) is 3.27. The fourth-order valence-corrected chi connectivity index (χ4v) is 3.41. The van der Waals surface area contributed by atoms with E-state index in [0.29, 0.717) is 35.8 Å². The van der Waals surface area contributed by atoms with Gasteiger partial charge in [0.25, 0.3) is 0 Å². The molecule has 3 aromatic heterocycles. The molecule has 0 saturated carbocycles. The van der Waals surface area contributed by atoms with Crippen molar-refractivity contribution in [3.05, 3.63) is 54.1 Å². The summed E-state index contributed by atoms with van der Waals surface area (Å²) < 4.78 is 6.90. The van der Waals surface area contributed by atoms with E-state index in [1.54, 1.807) is 24.2 Å². The Kier molecular flexibility index (Phi) is 6.01. The SMILES string of the molecule is COCCn1cc(-c2cc(C(=N)c3cccc(N4CCNCC4)n3)c(N)cn2)cn1. The number of rotatable bonds is 7. The summed E-state index contributed by atoms with van der Waals surface area (Å²) in [5.41, 5.74) is 9.67. The number of hydrogen-bond donors (Lipinski definition) is 3. The fraction of sp³-hybridized carbons (Fsp3) is 0.333. The van der Waals surface area contributed by atoms with E-state index in [-0.39, 0.29) is 5.71 Å². The van der Waals surface area contributed by atoms with Crippen LogP contribution in [-0.4, -0.2) is 65.4 Å². The van der Waals surface area contributed by atoms with E-state index in [2.05, 4.69) is 20.3 Å². The van der Waals surface area contributed by atoms with E-state index in [0.717, 1.165) is 37.6 Å². The maximum Gasteiger partial charge on any atom is 0.129 e. The van der Waals surface area contributed by atoms with Crippen molar-refractivity contribution < 1.29 is 4.74 Å². The molecule has 0 amide bonds. The van der Waals surface area contributed by atoms with Crippen LogP contribution in [0, 0.1) is 5.41 Å². The molecule has 0 aromatic carbocycles. The summed E-state index contributed by atoms with van der Waals surface area (Å²) in [6.45, 7) is 4.92. The first-order chi connectivity index (χ1) is 14.7. The quantitative estimate of drug-likeness (QED) is 0.508. The molecule has 4 N–H and O–H groups in total. The van der Waals surface area contributed by atoms with Crippen molar-refractivity contribution in [1.82, 2.24) is 25.1 Å². The van der Waals surface area contributed by atoms with Crippen LogP contribution < -0.4 is 16.0 Å². The molecule has 1 saturated heterocycles. The van der Waals surface area contributed by atoms with Crippen LogP contribution in [0.25, 0.3) is 11.3 Å². The Morgan fingerprint density at radius 3 is 2.90 bits per heavy atom. The molecule has 1 fully saturated rings. The minimum Gasteiger partial charge on any atom is -0.397 e. The highest BCUT2D eigenvalue weighted by Gasteiger charge is 2.16. The highest BCUT2D eigenvalue weighted by atomic mass is 16.5. The molecule has 30 heavy (non-hydrogen) atoms. The Morgan fingerprint density at radius 2 is 2.10 bits per heavy atom. The first-order valence-electron chi connectivity index (χ1n) is 9.95. The van der Waals surface area contributed by atoms with Crippen molar-refractivity contribution >= 4 is 17.2 Å². The number of nitrogens with zero attached hydrogens (tertiary/aromatic N) is 5. The van der Waals surface area contributed by atoms with Crippen LogP contribution in [0.5, 0.6) is 0 Å². The molecule has 156 valence electrons. The number of aromatic nitrogens is 4. The Bertz CT molecular complexity index is 1030. The third kappa shape index (κ3) is 4.32. The van der Waals surface area contributed by atoms with Crippen LogP contribution in [0.4, 0.5) is 11.5 Å². The fourth-order valence-electron chi connectivity index (χ4n) is 3.41. The summed E-state index contributed by atoms with van der Waals surface area (Å²) in [6.07, 6.45) is 5.25. The molecule has 0 radical (unpaired) electrons. The Hall–Kier alpha value is -3.30. The Morgan fingerprint density at radius 1 is 1.27 bits per heavy atom. The number of methoxy groups -OCH3 is 1. The molecule has 4 heterocycles. The van der Waals surface area contributed by atoms with Crippen molar-refractivity contribution in [2.45, 2.75) is 6.54 Å². The van der Waals surface area contributed by atoms with Crippen LogP contribution in [0.2, 0.25) is 0 Å². The van der Waals surface area contributed by atoms with Crippen molar-refractivity contribution in [1.29, 1.82) is 5.41 Å².